The summed E-state index contributed by atoms with van der Waals surface area (Å²) in [7, 11) is 0. The maximum absolute atomic E-state index is 12.3. The van der Waals surface area contributed by atoms with Gasteiger partial charge in [-0.2, -0.15) is 5.10 Å². The molecule has 2 aromatic rings. The van der Waals surface area contributed by atoms with Gasteiger partial charge in [0.05, 0.1) is 0 Å². The summed E-state index contributed by atoms with van der Waals surface area (Å²) in [4.78, 5) is 12.3. The van der Waals surface area contributed by atoms with Gasteiger partial charge in [0.2, 0.25) is 5.91 Å². The van der Waals surface area contributed by atoms with Gasteiger partial charge in [0.15, 0.2) is 5.82 Å². The first-order valence-electron chi connectivity index (χ1n) is 7.18. The van der Waals surface area contributed by atoms with E-state index in [4.69, 9.17) is 0 Å². The van der Waals surface area contributed by atoms with Crippen LogP contribution in [0.5, 0.6) is 0 Å². The van der Waals surface area contributed by atoms with E-state index < -0.39 is 0 Å². The Morgan fingerprint density at radius 3 is 2.70 bits per heavy atom. The number of aromatic amines is 1. The third-order valence-electron chi connectivity index (χ3n) is 3.82. The van der Waals surface area contributed by atoms with Crippen molar-refractivity contribution in [3.63, 3.8) is 0 Å². The highest BCUT2D eigenvalue weighted by molar-refractivity contribution is 5.92. The van der Waals surface area contributed by atoms with Gasteiger partial charge in [0.1, 0.15) is 0 Å². The number of aryl methyl sites for hydroxylation is 1. The van der Waals surface area contributed by atoms with E-state index in [1.54, 1.807) is 0 Å². The van der Waals surface area contributed by atoms with Crippen molar-refractivity contribution < 1.29 is 4.79 Å². The van der Waals surface area contributed by atoms with E-state index in [9.17, 15) is 4.79 Å². The van der Waals surface area contributed by atoms with Gasteiger partial charge in [-0.1, -0.05) is 37.6 Å². The van der Waals surface area contributed by atoms with Crippen molar-refractivity contribution in [2.75, 3.05) is 5.32 Å². The van der Waals surface area contributed by atoms with Crippen molar-refractivity contribution in [1.82, 2.24) is 10.2 Å². The Balaban J connectivity index is 1.63. The minimum absolute atomic E-state index is 0.0266. The van der Waals surface area contributed by atoms with Gasteiger partial charge in [-0.3, -0.25) is 9.89 Å². The van der Waals surface area contributed by atoms with Gasteiger partial charge in [-0.25, -0.2) is 0 Å². The van der Waals surface area contributed by atoms with Crippen LogP contribution in [0.2, 0.25) is 0 Å². The molecule has 0 fully saturated rings. The largest absolute Gasteiger partial charge is 0.309 e. The average Bonchev–Trinajstić information content (AvgIpc) is 3.05. The van der Waals surface area contributed by atoms with Gasteiger partial charge >= 0.3 is 0 Å². The second-order valence-corrected chi connectivity index (χ2v) is 5.39. The molecule has 0 saturated heterocycles. The minimum atomic E-state index is 0.0266. The summed E-state index contributed by atoms with van der Waals surface area (Å²) >= 11 is 0. The van der Waals surface area contributed by atoms with Crippen molar-refractivity contribution in [2.24, 2.45) is 5.92 Å². The highest BCUT2D eigenvalue weighted by atomic mass is 16.2. The third kappa shape index (κ3) is 2.59. The number of nitrogens with zero attached hydrogens (tertiary/aromatic N) is 1. The topological polar surface area (TPSA) is 57.8 Å². The fraction of sp³-hybridized carbons (Fsp3) is 0.375. The molecule has 4 nitrogen and oxygen atoms in total. The van der Waals surface area contributed by atoms with E-state index in [0.29, 0.717) is 5.82 Å². The number of carbonyl (C=O) groups is 1. The number of rotatable bonds is 4. The summed E-state index contributed by atoms with van der Waals surface area (Å²) in [5, 5.41) is 10.0. The van der Waals surface area contributed by atoms with E-state index >= 15 is 0 Å². The third-order valence-corrected chi connectivity index (χ3v) is 3.82. The highest BCUT2D eigenvalue weighted by Gasteiger charge is 2.27. The Bertz CT molecular complexity index is 593. The average molecular weight is 269 g/mol. The van der Waals surface area contributed by atoms with Crippen molar-refractivity contribution in [3.05, 3.63) is 47.2 Å². The molecular formula is C16H19N3O. The van der Waals surface area contributed by atoms with Crippen LogP contribution in [-0.4, -0.2) is 16.1 Å². The van der Waals surface area contributed by atoms with Crippen LogP contribution < -0.4 is 5.32 Å². The quantitative estimate of drug-likeness (QED) is 0.896. The molecule has 104 valence electrons. The first-order chi connectivity index (χ1) is 9.76. The molecular weight excluding hydrogens is 250 g/mol. The van der Waals surface area contributed by atoms with Gasteiger partial charge < -0.3 is 5.32 Å². The predicted molar refractivity (Wildman–Crippen MR) is 78.6 cm³/mol. The second-order valence-electron chi connectivity index (χ2n) is 5.39. The fourth-order valence-corrected chi connectivity index (χ4v) is 2.80. The molecule has 2 N–H and O–H groups in total. The van der Waals surface area contributed by atoms with Crippen LogP contribution in [0.1, 0.15) is 30.2 Å². The monoisotopic (exact) mass is 269 g/mol. The molecule has 0 aliphatic heterocycles. The number of anilines is 1. The number of amides is 1. The molecule has 1 aromatic carbocycles. The van der Waals surface area contributed by atoms with E-state index in [2.05, 4.69) is 34.6 Å². The molecule has 0 atom stereocenters. The summed E-state index contributed by atoms with van der Waals surface area (Å²) in [6.07, 6.45) is 3.67. The van der Waals surface area contributed by atoms with Crippen LogP contribution in [0, 0.1) is 5.92 Å². The summed E-state index contributed by atoms with van der Waals surface area (Å²) in [6, 6.07) is 10.2. The fourth-order valence-electron chi connectivity index (χ4n) is 2.80. The Morgan fingerprint density at radius 2 is 2.05 bits per heavy atom. The molecule has 1 heterocycles. The highest BCUT2D eigenvalue weighted by Crippen LogP contribution is 2.27. The standard InChI is InChI=1S/C16H19N3O/c1-2-5-14-10-15(19-18-14)17-16(20)13-8-11-6-3-4-7-12(11)9-13/h3-4,6-7,10,13H,2,5,8-9H2,1H3,(H2,17,18,19,20). The lowest BCUT2D eigenvalue weighted by Gasteiger charge is -2.07. The molecule has 0 radical (unpaired) electrons. The van der Waals surface area contributed by atoms with E-state index in [1.807, 2.05) is 18.2 Å². The number of hydrogen-bond donors (Lipinski definition) is 2. The van der Waals surface area contributed by atoms with E-state index in [1.165, 1.54) is 11.1 Å². The molecule has 1 amide bonds. The number of benzene rings is 1. The maximum Gasteiger partial charge on any atom is 0.229 e. The van der Waals surface area contributed by atoms with Crippen LogP contribution in [0.15, 0.2) is 30.3 Å². The maximum atomic E-state index is 12.3. The molecule has 1 aliphatic carbocycles. The van der Waals surface area contributed by atoms with Crippen LogP contribution in [-0.2, 0) is 24.1 Å². The number of carbonyl (C=O) groups excluding carboxylic acids is 1. The number of fused-ring (bicyclic) bond motifs is 1. The van der Waals surface area contributed by atoms with Crippen molar-refractivity contribution in [1.29, 1.82) is 0 Å². The van der Waals surface area contributed by atoms with Crippen LogP contribution in [0.25, 0.3) is 0 Å². The molecule has 1 aliphatic rings. The normalized spacial score (nSPS) is 14.2. The summed E-state index contributed by atoms with van der Waals surface area (Å²) in [5.41, 5.74) is 3.65. The number of nitrogens with one attached hydrogen (secondary N) is 2. The van der Waals surface area contributed by atoms with Crippen LogP contribution in [0.3, 0.4) is 0 Å². The van der Waals surface area contributed by atoms with Crippen LogP contribution in [0.4, 0.5) is 5.82 Å². The Kier molecular flexibility index (Phi) is 3.54. The lowest BCUT2D eigenvalue weighted by Crippen LogP contribution is -2.23. The van der Waals surface area contributed by atoms with Crippen molar-refractivity contribution >= 4 is 11.7 Å². The number of aromatic nitrogens is 2. The smallest absolute Gasteiger partial charge is 0.229 e. The summed E-state index contributed by atoms with van der Waals surface area (Å²) < 4.78 is 0. The molecule has 0 bridgehead atoms. The zero-order valence-electron chi connectivity index (χ0n) is 11.6. The zero-order valence-corrected chi connectivity index (χ0v) is 11.6. The molecule has 20 heavy (non-hydrogen) atoms. The molecule has 0 spiro atoms. The molecule has 4 heteroatoms. The van der Waals surface area contributed by atoms with Gasteiger partial charge in [-0.05, 0) is 30.4 Å². The van der Waals surface area contributed by atoms with Crippen LogP contribution >= 0.6 is 0 Å². The SMILES string of the molecule is CCCc1cc(NC(=O)C2Cc3ccccc3C2)n[nH]1. The van der Waals surface area contributed by atoms with Crippen molar-refractivity contribution in [3.8, 4) is 0 Å². The molecule has 3 rings (SSSR count). The lowest BCUT2D eigenvalue weighted by atomic mass is 10.1. The summed E-state index contributed by atoms with van der Waals surface area (Å²) in [5.74, 6) is 0.726. The van der Waals surface area contributed by atoms with Gasteiger partial charge in [-0.15, -0.1) is 0 Å². The Morgan fingerprint density at radius 1 is 1.35 bits per heavy atom. The second kappa shape index (κ2) is 5.49. The molecule has 0 saturated carbocycles. The van der Waals surface area contributed by atoms with Crippen molar-refractivity contribution in [2.45, 2.75) is 32.6 Å². The molecule has 0 unspecified atom stereocenters. The first-order valence-corrected chi connectivity index (χ1v) is 7.18. The Labute approximate surface area is 118 Å². The summed E-state index contributed by atoms with van der Waals surface area (Å²) in [6.45, 7) is 2.12. The number of H-pyrrole nitrogens is 1. The van der Waals surface area contributed by atoms with Gasteiger partial charge in [0, 0.05) is 17.7 Å². The van der Waals surface area contributed by atoms with E-state index in [-0.39, 0.29) is 11.8 Å². The predicted octanol–water partition coefficient (Wildman–Crippen LogP) is 2.72. The minimum Gasteiger partial charge on any atom is -0.309 e. The van der Waals surface area contributed by atoms with E-state index in [0.717, 1.165) is 31.4 Å². The van der Waals surface area contributed by atoms with Gasteiger partial charge in [0.25, 0.3) is 0 Å². The molecule has 1 aromatic heterocycles. The lowest BCUT2D eigenvalue weighted by molar-refractivity contribution is -0.119. The number of hydrogen-bond acceptors (Lipinski definition) is 2. The zero-order chi connectivity index (χ0) is 13.9. The first kappa shape index (κ1) is 12.9. The Hall–Kier alpha value is -2.10.